The molecule has 0 bridgehead atoms. The molecule has 0 unspecified atom stereocenters. The molecule has 70 valence electrons. The van der Waals surface area contributed by atoms with E-state index in [1.807, 2.05) is 12.1 Å². The van der Waals surface area contributed by atoms with Crippen molar-refractivity contribution in [2.24, 2.45) is 5.73 Å². The number of hydrogen-bond acceptors (Lipinski definition) is 3. The number of benzene rings is 1. The molecule has 0 fully saturated rings. The van der Waals surface area contributed by atoms with Gasteiger partial charge in [-0.25, -0.2) is 0 Å². The zero-order valence-corrected chi connectivity index (χ0v) is 7.59. The Bertz CT molecular complexity index is 333. The lowest BCUT2D eigenvalue weighted by Gasteiger charge is -2.25. The predicted molar refractivity (Wildman–Crippen MR) is 55.1 cm³/mol. The second kappa shape index (κ2) is 2.92. The van der Waals surface area contributed by atoms with Crippen LogP contribution in [0.1, 0.15) is 30.0 Å². The third-order valence-electron chi connectivity index (χ3n) is 2.74. The maximum atomic E-state index is 5.98. The standard InChI is InChI=1S/C10H15N3/c11-7-4-5-9(13)10-6(7)2-1-3-8(10)12/h4-5,8H,1-3,11-13H2/t8-/m1/s1. The lowest BCUT2D eigenvalue weighted by molar-refractivity contribution is 0.573. The van der Waals surface area contributed by atoms with Gasteiger partial charge in [0.2, 0.25) is 0 Å². The van der Waals surface area contributed by atoms with Gasteiger partial charge in [0, 0.05) is 17.4 Å². The van der Waals surface area contributed by atoms with Crippen molar-refractivity contribution in [2.45, 2.75) is 25.3 Å². The van der Waals surface area contributed by atoms with E-state index in [-0.39, 0.29) is 6.04 Å². The van der Waals surface area contributed by atoms with Gasteiger partial charge in [-0.3, -0.25) is 0 Å². The summed E-state index contributed by atoms with van der Waals surface area (Å²) in [6, 6.07) is 3.79. The van der Waals surface area contributed by atoms with Crippen LogP contribution in [0.3, 0.4) is 0 Å². The molecule has 0 spiro atoms. The number of fused-ring (bicyclic) bond motifs is 1. The molecule has 0 radical (unpaired) electrons. The van der Waals surface area contributed by atoms with Crippen LogP contribution >= 0.6 is 0 Å². The fraction of sp³-hybridized carbons (Fsp3) is 0.400. The molecule has 3 heteroatoms. The van der Waals surface area contributed by atoms with E-state index in [4.69, 9.17) is 17.2 Å². The van der Waals surface area contributed by atoms with Crippen LogP contribution in [0.2, 0.25) is 0 Å². The van der Waals surface area contributed by atoms with Crippen molar-refractivity contribution in [3.63, 3.8) is 0 Å². The van der Waals surface area contributed by atoms with Crippen LogP contribution in [-0.2, 0) is 6.42 Å². The first-order valence-electron chi connectivity index (χ1n) is 4.62. The quantitative estimate of drug-likeness (QED) is 0.521. The molecule has 0 aromatic heterocycles. The van der Waals surface area contributed by atoms with Gasteiger partial charge < -0.3 is 17.2 Å². The van der Waals surface area contributed by atoms with E-state index < -0.39 is 0 Å². The maximum Gasteiger partial charge on any atom is 0.0366 e. The van der Waals surface area contributed by atoms with Crippen LogP contribution in [0.25, 0.3) is 0 Å². The van der Waals surface area contributed by atoms with Crippen molar-refractivity contribution in [3.8, 4) is 0 Å². The van der Waals surface area contributed by atoms with Crippen LogP contribution < -0.4 is 17.2 Å². The Kier molecular flexibility index (Phi) is 1.88. The molecule has 1 aromatic carbocycles. The van der Waals surface area contributed by atoms with Crippen molar-refractivity contribution in [1.82, 2.24) is 0 Å². The van der Waals surface area contributed by atoms with E-state index in [9.17, 15) is 0 Å². The third kappa shape index (κ3) is 1.25. The first-order chi connectivity index (χ1) is 6.20. The summed E-state index contributed by atoms with van der Waals surface area (Å²) in [4.78, 5) is 0. The van der Waals surface area contributed by atoms with Crippen LogP contribution in [-0.4, -0.2) is 0 Å². The zero-order chi connectivity index (χ0) is 9.42. The summed E-state index contributed by atoms with van der Waals surface area (Å²) < 4.78 is 0. The van der Waals surface area contributed by atoms with Gasteiger partial charge in [0.15, 0.2) is 0 Å². The smallest absolute Gasteiger partial charge is 0.0366 e. The summed E-state index contributed by atoms with van der Waals surface area (Å²) in [5.41, 5.74) is 21.6. The minimum absolute atomic E-state index is 0.0762. The van der Waals surface area contributed by atoms with Crippen molar-refractivity contribution < 1.29 is 0 Å². The molecule has 1 aromatic rings. The summed E-state index contributed by atoms with van der Waals surface area (Å²) in [6.07, 6.45) is 3.14. The van der Waals surface area contributed by atoms with Gasteiger partial charge in [-0.1, -0.05) is 0 Å². The summed E-state index contributed by atoms with van der Waals surface area (Å²) in [5.74, 6) is 0. The van der Waals surface area contributed by atoms with Gasteiger partial charge in [0.25, 0.3) is 0 Å². The molecule has 2 rings (SSSR count). The number of anilines is 2. The Balaban J connectivity index is 2.60. The Morgan fingerprint density at radius 3 is 2.54 bits per heavy atom. The average molecular weight is 177 g/mol. The first-order valence-corrected chi connectivity index (χ1v) is 4.62. The van der Waals surface area contributed by atoms with Gasteiger partial charge in [0.05, 0.1) is 0 Å². The monoisotopic (exact) mass is 177 g/mol. The lowest BCUT2D eigenvalue weighted by Crippen LogP contribution is -2.20. The molecule has 3 nitrogen and oxygen atoms in total. The summed E-state index contributed by atoms with van der Waals surface area (Å²) in [5, 5.41) is 0. The van der Waals surface area contributed by atoms with E-state index in [0.29, 0.717) is 0 Å². The molecule has 0 heterocycles. The first kappa shape index (κ1) is 8.38. The molecule has 0 saturated heterocycles. The summed E-state index contributed by atoms with van der Waals surface area (Å²) in [6.45, 7) is 0. The molecule has 1 aliphatic rings. The highest BCUT2D eigenvalue weighted by Crippen LogP contribution is 2.35. The average Bonchev–Trinajstić information content (AvgIpc) is 2.12. The highest BCUT2D eigenvalue weighted by atomic mass is 14.7. The maximum absolute atomic E-state index is 5.98. The number of rotatable bonds is 0. The van der Waals surface area contributed by atoms with Crippen molar-refractivity contribution in [1.29, 1.82) is 0 Å². The Morgan fingerprint density at radius 2 is 1.85 bits per heavy atom. The zero-order valence-electron chi connectivity index (χ0n) is 7.59. The SMILES string of the molecule is Nc1ccc(N)c2c1CCC[C@H]2N. The van der Waals surface area contributed by atoms with Crippen LogP contribution in [0.4, 0.5) is 11.4 Å². The lowest BCUT2D eigenvalue weighted by atomic mass is 9.86. The topological polar surface area (TPSA) is 78.1 Å². The van der Waals surface area contributed by atoms with Crippen molar-refractivity contribution in [2.75, 3.05) is 11.5 Å². The fourth-order valence-electron chi connectivity index (χ4n) is 2.06. The Hall–Kier alpha value is -1.22. The molecule has 0 amide bonds. The van der Waals surface area contributed by atoms with Crippen LogP contribution in [0, 0.1) is 0 Å². The summed E-state index contributed by atoms with van der Waals surface area (Å²) >= 11 is 0. The van der Waals surface area contributed by atoms with E-state index in [1.165, 1.54) is 5.56 Å². The van der Waals surface area contributed by atoms with Gasteiger partial charge in [-0.05, 0) is 42.5 Å². The molecule has 0 aliphatic heterocycles. The molecule has 6 N–H and O–H groups in total. The fourth-order valence-corrected chi connectivity index (χ4v) is 2.06. The highest BCUT2D eigenvalue weighted by Gasteiger charge is 2.20. The van der Waals surface area contributed by atoms with Crippen LogP contribution in [0.5, 0.6) is 0 Å². The number of hydrogen-bond donors (Lipinski definition) is 3. The summed E-state index contributed by atoms with van der Waals surface area (Å²) in [7, 11) is 0. The van der Waals surface area contributed by atoms with E-state index in [2.05, 4.69) is 0 Å². The molecular weight excluding hydrogens is 162 g/mol. The van der Waals surface area contributed by atoms with Crippen molar-refractivity contribution in [3.05, 3.63) is 23.3 Å². The number of nitrogens with two attached hydrogens (primary N) is 3. The molecule has 0 saturated carbocycles. The van der Waals surface area contributed by atoms with Gasteiger partial charge in [0.1, 0.15) is 0 Å². The molecule has 13 heavy (non-hydrogen) atoms. The molecular formula is C10H15N3. The van der Waals surface area contributed by atoms with Crippen molar-refractivity contribution >= 4 is 11.4 Å². The largest absolute Gasteiger partial charge is 0.398 e. The van der Waals surface area contributed by atoms with Gasteiger partial charge >= 0.3 is 0 Å². The van der Waals surface area contributed by atoms with Gasteiger partial charge in [-0.2, -0.15) is 0 Å². The third-order valence-corrected chi connectivity index (χ3v) is 2.74. The minimum atomic E-state index is 0.0762. The van der Waals surface area contributed by atoms with E-state index >= 15 is 0 Å². The minimum Gasteiger partial charge on any atom is -0.398 e. The second-order valence-electron chi connectivity index (χ2n) is 3.63. The van der Waals surface area contributed by atoms with Crippen LogP contribution in [0.15, 0.2) is 12.1 Å². The molecule has 1 aliphatic carbocycles. The normalized spacial score (nSPS) is 21.2. The van der Waals surface area contributed by atoms with E-state index in [1.54, 1.807) is 0 Å². The number of nitrogen functional groups attached to an aromatic ring is 2. The second-order valence-corrected chi connectivity index (χ2v) is 3.63. The van der Waals surface area contributed by atoms with E-state index in [0.717, 1.165) is 36.2 Å². The predicted octanol–water partition coefficient (Wildman–Crippen LogP) is 1.19. The Labute approximate surface area is 77.9 Å². The van der Waals surface area contributed by atoms with Gasteiger partial charge in [-0.15, -0.1) is 0 Å². The Morgan fingerprint density at radius 1 is 1.15 bits per heavy atom. The highest BCUT2D eigenvalue weighted by molar-refractivity contribution is 5.63. The molecule has 1 atom stereocenters.